The molecule has 1 fully saturated rings. The zero-order chi connectivity index (χ0) is 22.5. The van der Waals surface area contributed by atoms with E-state index in [1.54, 1.807) is 17.8 Å². The Morgan fingerprint density at radius 1 is 1.06 bits per heavy atom. The molecule has 0 radical (unpaired) electrons. The first-order valence-corrected chi connectivity index (χ1v) is 12.2. The molecule has 1 aromatic heterocycles. The van der Waals surface area contributed by atoms with Gasteiger partial charge in [-0.05, 0) is 31.5 Å². The van der Waals surface area contributed by atoms with E-state index in [2.05, 4.69) is 10.2 Å². The van der Waals surface area contributed by atoms with Crippen LogP contribution in [0.3, 0.4) is 0 Å². The second kappa shape index (κ2) is 10.7. The average molecular weight is 491 g/mol. The minimum absolute atomic E-state index is 0.181. The Labute approximate surface area is 201 Å². The molecule has 0 saturated carbocycles. The number of nitrogens with zero attached hydrogens (tertiary/aromatic N) is 4. The second-order valence-corrected chi connectivity index (χ2v) is 9.43. The number of ether oxygens (including phenoxy) is 1. The Morgan fingerprint density at radius 2 is 1.81 bits per heavy atom. The molecule has 0 N–H and O–H groups in total. The zero-order valence-corrected chi connectivity index (χ0v) is 20.1. The van der Waals surface area contributed by atoms with Gasteiger partial charge in [-0.3, -0.25) is 9.36 Å². The lowest BCUT2D eigenvalue weighted by atomic mass is 10.1. The highest BCUT2D eigenvalue weighted by molar-refractivity contribution is 7.99. The lowest BCUT2D eigenvalue weighted by Crippen LogP contribution is -2.40. The first-order chi connectivity index (χ1) is 15.5. The maximum absolute atomic E-state index is 12.4. The predicted molar refractivity (Wildman–Crippen MR) is 129 cm³/mol. The van der Waals surface area contributed by atoms with E-state index in [1.807, 2.05) is 52.8 Å². The van der Waals surface area contributed by atoms with Gasteiger partial charge in [0.2, 0.25) is 5.91 Å². The van der Waals surface area contributed by atoms with Crippen LogP contribution in [-0.4, -0.2) is 57.6 Å². The molecular formula is C23H24Cl2N4O2S. The topological polar surface area (TPSA) is 60.3 Å². The van der Waals surface area contributed by atoms with E-state index < -0.39 is 0 Å². The number of hydrogen-bond donors (Lipinski definition) is 0. The molecule has 1 saturated heterocycles. The maximum atomic E-state index is 12.4. The molecular weight excluding hydrogens is 467 g/mol. The summed E-state index contributed by atoms with van der Waals surface area (Å²) in [5, 5.41) is 10.6. The largest absolute Gasteiger partial charge is 0.378 e. The molecule has 0 unspecified atom stereocenters. The maximum Gasteiger partial charge on any atom is 0.222 e. The highest BCUT2D eigenvalue weighted by Gasteiger charge is 2.19. The fourth-order valence-corrected chi connectivity index (χ4v) is 4.65. The number of thioether (sulfide) groups is 1. The summed E-state index contributed by atoms with van der Waals surface area (Å²) in [6.07, 6.45) is 1.27. The van der Waals surface area contributed by atoms with Gasteiger partial charge in [0.25, 0.3) is 0 Å². The fraction of sp³-hybridized carbons (Fsp3) is 0.348. The molecule has 0 aliphatic carbocycles. The van der Waals surface area contributed by atoms with Gasteiger partial charge in [-0.15, -0.1) is 10.2 Å². The number of benzene rings is 2. The van der Waals surface area contributed by atoms with E-state index in [9.17, 15) is 4.79 Å². The molecule has 3 aromatic rings. The van der Waals surface area contributed by atoms with Crippen molar-refractivity contribution in [3.8, 4) is 17.1 Å². The Kier molecular flexibility index (Phi) is 7.73. The van der Waals surface area contributed by atoms with Crippen LogP contribution >= 0.6 is 35.0 Å². The highest BCUT2D eigenvalue weighted by Crippen LogP contribution is 2.31. The number of carbonyl (C=O) groups is 1. The molecule has 2 heterocycles. The van der Waals surface area contributed by atoms with Crippen molar-refractivity contribution in [2.75, 3.05) is 32.1 Å². The molecule has 1 aliphatic heterocycles. The van der Waals surface area contributed by atoms with Gasteiger partial charge in [-0.1, -0.05) is 64.8 Å². The quantitative estimate of drug-likeness (QED) is 0.333. The number of hydrogen-bond acceptors (Lipinski definition) is 5. The van der Waals surface area contributed by atoms with Crippen molar-refractivity contribution in [2.24, 2.45) is 0 Å². The molecule has 1 aliphatic rings. The molecule has 0 atom stereocenters. The van der Waals surface area contributed by atoms with Crippen LogP contribution in [0.5, 0.6) is 0 Å². The Bertz CT molecular complexity index is 1080. The van der Waals surface area contributed by atoms with Gasteiger partial charge < -0.3 is 9.64 Å². The van der Waals surface area contributed by atoms with Gasteiger partial charge in [0.05, 0.1) is 28.9 Å². The summed E-state index contributed by atoms with van der Waals surface area (Å²) in [6, 6.07) is 13.7. The third-order valence-corrected chi connectivity index (χ3v) is 6.99. The first-order valence-electron chi connectivity index (χ1n) is 10.5. The normalized spacial score (nSPS) is 14.0. The van der Waals surface area contributed by atoms with E-state index in [0.717, 1.165) is 34.4 Å². The molecule has 168 valence electrons. The molecule has 0 spiro atoms. The van der Waals surface area contributed by atoms with Gasteiger partial charge in [0.15, 0.2) is 11.0 Å². The van der Waals surface area contributed by atoms with Crippen LogP contribution in [0, 0.1) is 6.92 Å². The lowest BCUT2D eigenvalue weighted by molar-refractivity contribution is -0.135. The third kappa shape index (κ3) is 5.46. The van der Waals surface area contributed by atoms with E-state index in [4.69, 9.17) is 27.9 Å². The predicted octanol–water partition coefficient (Wildman–Crippen LogP) is 5.28. The van der Waals surface area contributed by atoms with Crippen LogP contribution in [0.25, 0.3) is 17.1 Å². The number of amides is 1. The monoisotopic (exact) mass is 490 g/mol. The lowest BCUT2D eigenvalue weighted by Gasteiger charge is -2.26. The average Bonchev–Trinajstić information content (AvgIpc) is 3.23. The number of rotatable bonds is 7. The van der Waals surface area contributed by atoms with Crippen molar-refractivity contribution >= 4 is 40.9 Å². The fourth-order valence-electron chi connectivity index (χ4n) is 3.47. The Balaban J connectivity index is 1.51. The van der Waals surface area contributed by atoms with Crippen LogP contribution in [0.2, 0.25) is 10.0 Å². The van der Waals surface area contributed by atoms with E-state index >= 15 is 0 Å². The minimum atomic E-state index is 0.181. The molecule has 2 aromatic carbocycles. The molecule has 1 amide bonds. The summed E-state index contributed by atoms with van der Waals surface area (Å²) in [5.74, 6) is 1.67. The van der Waals surface area contributed by atoms with Gasteiger partial charge in [0.1, 0.15) is 0 Å². The SMILES string of the molecule is Cc1ccc(-c2nnc(SCCCC(=O)N3CCOCC3)n2-c2ccc(Cl)c(Cl)c2)cc1. The molecule has 6 nitrogen and oxygen atoms in total. The van der Waals surface area contributed by atoms with Gasteiger partial charge in [-0.25, -0.2) is 0 Å². The first kappa shape index (κ1) is 23.1. The van der Waals surface area contributed by atoms with Crippen molar-refractivity contribution in [1.29, 1.82) is 0 Å². The van der Waals surface area contributed by atoms with Gasteiger partial charge >= 0.3 is 0 Å². The summed E-state index contributed by atoms with van der Waals surface area (Å²) in [5.41, 5.74) is 2.98. The number of aryl methyl sites for hydroxylation is 1. The van der Waals surface area contributed by atoms with Crippen molar-refractivity contribution in [3.63, 3.8) is 0 Å². The molecule has 0 bridgehead atoms. The third-order valence-electron chi connectivity index (χ3n) is 5.23. The van der Waals surface area contributed by atoms with E-state index in [-0.39, 0.29) is 5.91 Å². The summed E-state index contributed by atoms with van der Waals surface area (Å²) in [7, 11) is 0. The number of halogens is 2. The van der Waals surface area contributed by atoms with Crippen LogP contribution in [0.4, 0.5) is 0 Å². The van der Waals surface area contributed by atoms with Crippen LogP contribution in [-0.2, 0) is 9.53 Å². The molecule has 9 heteroatoms. The Hall–Kier alpha value is -2.06. The second-order valence-electron chi connectivity index (χ2n) is 7.55. The highest BCUT2D eigenvalue weighted by atomic mass is 35.5. The van der Waals surface area contributed by atoms with Gasteiger partial charge in [-0.2, -0.15) is 0 Å². The summed E-state index contributed by atoms with van der Waals surface area (Å²) in [6.45, 7) is 4.64. The Morgan fingerprint density at radius 3 is 2.53 bits per heavy atom. The standard InChI is InChI=1S/C23H24Cl2N4O2S/c1-16-4-6-17(7-5-16)22-26-27-23(29(22)18-8-9-19(24)20(25)15-18)32-14-2-3-21(30)28-10-12-31-13-11-28/h4-9,15H,2-3,10-14H2,1H3. The van der Waals surface area contributed by atoms with Crippen molar-refractivity contribution < 1.29 is 9.53 Å². The number of aromatic nitrogens is 3. The smallest absolute Gasteiger partial charge is 0.222 e. The minimum Gasteiger partial charge on any atom is -0.378 e. The molecule has 32 heavy (non-hydrogen) atoms. The summed E-state index contributed by atoms with van der Waals surface area (Å²) in [4.78, 5) is 14.3. The van der Waals surface area contributed by atoms with Crippen LogP contribution in [0.1, 0.15) is 18.4 Å². The number of carbonyl (C=O) groups excluding carboxylic acids is 1. The van der Waals surface area contributed by atoms with Gasteiger partial charge in [0, 0.05) is 30.8 Å². The van der Waals surface area contributed by atoms with Crippen LogP contribution < -0.4 is 0 Å². The van der Waals surface area contributed by atoms with Crippen molar-refractivity contribution in [1.82, 2.24) is 19.7 Å². The summed E-state index contributed by atoms with van der Waals surface area (Å²) < 4.78 is 7.30. The zero-order valence-electron chi connectivity index (χ0n) is 17.8. The molecule has 4 rings (SSSR count). The van der Waals surface area contributed by atoms with Crippen molar-refractivity contribution in [2.45, 2.75) is 24.9 Å². The summed E-state index contributed by atoms with van der Waals surface area (Å²) >= 11 is 14.0. The number of morpholine rings is 1. The van der Waals surface area contributed by atoms with E-state index in [1.165, 1.54) is 5.56 Å². The van der Waals surface area contributed by atoms with Crippen LogP contribution in [0.15, 0.2) is 47.6 Å². The van der Waals surface area contributed by atoms with Crippen molar-refractivity contribution in [3.05, 3.63) is 58.1 Å². The van der Waals surface area contributed by atoms with E-state index in [0.29, 0.717) is 42.8 Å².